The second-order valence-electron chi connectivity index (χ2n) is 3.85. The minimum absolute atomic E-state index is 0.218. The first-order valence-corrected chi connectivity index (χ1v) is 5.10. The molecule has 0 fully saturated rings. The van der Waals surface area contributed by atoms with Crippen molar-refractivity contribution in [2.24, 2.45) is 0 Å². The summed E-state index contributed by atoms with van der Waals surface area (Å²) in [7, 11) is 0. The summed E-state index contributed by atoms with van der Waals surface area (Å²) in [5.74, 6) is 1.39. The van der Waals surface area contributed by atoms with E-state index in [2.05, 4.69) is 10.1 Å². The van der Waals surface area contributed by atoms with Crippen molar-refractivity contribution in [3.8, 4) is 11.4 Å². The lowest BCUT2D eigenvalue weighted by atomic mass is 10.1. The third-order valence-corrected chi connectivity index (χ3v) is 2.24. The van der Waals surface area contributed by atoms with Crippen LogP contribution < -0.4 is 0 Å². The van der Waals surface area contributed by atoms with Crippen molar-refractivity contribution in [1.82, 2.24) is 10.1 Å². The van der Waals surface area contributed by atoms with Crippen molar-refractivity contribution in [2.45, 2.75) is 19.8 Å². The molecule has 0 atom stereocenters. The molecule has 0 radical (unpaired) electrons. The summed E-state index contributed by atoms with van der Waals surface area (Å²) < 4.78 is 5.11. The lowest BCUT2D eigenvalue weighted by Gasteiger charge is -1.94. The normalized spacial score (nSPS) is 10.7. The second-order valence-corrected chi connectivity index (χ2v) is 3.85. The Morgan fingerprint density at radius 3 is 2.44 bits per heavy atom. The van der Waals surface area contributed by atoms with Crippen molar-refractivity contribution in [1.29, 1.82) is 0 Å². The first-order chi connectivity index (χ1) is 7.70. The average molecular weight is 216 g/mol. The molecule has 0 aliphatic carbocycles. The van der Waals surface area contributed by atoms with Crippen LogP contribution >= 0.6 is 0 Å². The smallest absolute Gasteiger partial charge is 0.229 e. The lowest BCUT2D eigenvalue weighted by molar-refractivity contribution is 0.112. The molecule has 1 aromatic carbocycles. The number of hydrogen-bond donors (Lipinski definition) is 0. The Morgan fingerprint density at radius 2 is 1.94 bits per heavy atom. The van der Waals surface area contributed by atoms with Gasteiger partial charge in [-0.2, -0.15) is 4.98 Å². The van der Waals surface area contributed by atoms with E-state index in [1.54, 1.807) is 24.3 Å². The van der Waals surface area contributed by atoms with Gasteiger partial charge in [0.2, 0.25) is 11.7 Å². The van der Waals surface area contributed by atoms with Crippen LogP contribution in [-0.2, 0) is 0 Å². The Kier molecular flexibility index (Phi) is 2.81. The van der Waals surface area contributed by atoms with Crippen molar-refractivity contribution in [3.63, 3.8) is 0 Å². The highest BCUT2D eigenvalue weighted by Gasteiger charge is 2.10. The zero-order valence-corrected chi connectivity index (χ0v) is 9.18. The number of aldehydes is 1. The lowest BCUT2D eigenvalue weighted by Crippen LogP contribution is -1.87. The van der Waals surface area contributed by atoms with Gasteiger partial charge in [0.1, 0.15) is 6.29 Å². The van der Waals surface area contributed by atoms with E-state index >= 15 is 0 Å². The fourth-order valence-electron chi connectivity index (χ4n) is 1.30. The molecule has 0 N–H and O–H groups in total. The standard InChI is InChI=1S/C12H12N2O2/c1-8(2)12-13-11(14-16-12)10-5-3-9(7-15)4-6-10/h3-8H,1-2H3. The van der Waals surface area contributed by atoms with Gasteiger partial charge in [0.05, 0.1) is 0 Å². The third kappa shape index (κ3) is 2.00. The summed E-state index contributed by atoms with van der Waals surface area (Å²) in [6.45, 7) is 3.99. The molecule has 4 nitrogen and oxygen atoms in total. The molecule has 1 heterocycles. The molecule has 0 saturated carbocycles. The van der Waals surface area contributed by atoms with E-state index < -0.39 is 0 Å². The van der Waals surface area contributed by atoms with Crippen LogP contribution in [0.3, 0.4) is 0 Å². The van der Waals surface area contributed by atoms with E-state index in [4.69, 9.17) is 4.52 Å². The Hall–Kier alpha value is -1.97. The average Bonchev–Trinajstić information content (AvgIpc) is 2.78. The molecule has 0 aliphatic heterocycles. The van der Waals surface area contributed by atoms with Gasteiger partial charge in [0.15, 0.2) is 0 Å². The van der Waals surface area contributed by atoms with E-state index in [9.17, 15) is 4.79 Å². The van der Waals surface area contributed by atoms with E-state index in [-0.39, 0.29) is 5.92 Å². The van der Waals surface area contributed by atoms with E-state index in [1.807, 2.05) is 13.8 Å². The van der Waals surface area contributed by atoms with Crippen LogP contribution in [0.25, 0.3) is 11.4 Å². The van der Waals surface area contributed by atoms with Crippen LogP contribution in [0, 0.1) is 0 Å². The van der Waals surface area contributed by atoms with Gasteiger partial charge >= 0.3 is 0 Å². The summed E-state index contributed by atoms with van der Waals surface area (Å²) in [4.78, 5) is 14.8. The van der Waals surface area contributed by atoms with E-state index in [1.165, 1.54) is 0 Å². The van der Waals surface area contributed by atoms with Gasteiger partial charge in [0, 0.05) is 17.0 Å². The number of carbonyl (C=O) groups excluding carboxylic acids is 1. The Labute approximate surface area is 93.3 Å². The fraction of sp³-hybridized carbons (Fsp3) is 0.250. The number of rotatable bonds is 3. The molecule has 2 aromatic rings. The van der Waals surface area contributed by atoms with Crippen molar-refractivity contribution >= 4 is 6.29 Å². The highest BCUT2D eigenvalue weighted by molar-refractivity contribution is 5.76. The maximum Gasteiger partial charge on any atom is 0.229 e. The number of nitrogens with zero attached hydrogens (tertiary/aromatic N) is 2. The molecule has 0 aliphatic rings. The zero-order valence-electron chi connectivity index (χ0n) is 9.18. The van der Waals surface area contributed by atoms with Gasteiger partial charge in [-0.1, -0.05) is 43.3 Å². The van der Waals surface area contributed by atoms with Crippen LogP contribution in [0.5, 0.6) is 0 Å². The highest BCUT2D eigenvalue weighted by atomic mass is 16.5. The molecule has 2 rings (SSSR count). The van der Waals surface area contributed by atoms with Gasteiger partial charge in [0.25, 0.3) is 0 Å². The first-order valence-electron chi connectivity index (χ1n) is 5.10. The quantitative estimate of drug-likeness (QED) is 0.740. The van der Waals surface area contributed by atoms with Gasteiger partial charge in [-0.25, -0.2) is 0 Å². The maximum atomic E-state index is 10.5. The summed E-state index contributed by atoms with van der Waals surface area (Å²) >= 11 is 0. The number of carbonyl (C=O) groups is 1. The SMILES string of the molecule is CC(C)c1nc(-c2ccc(C=O)cc2)no1. The highest BCUT2D eigenvalue weighted by Crippen LogP contribution is 2.19. The van der Waals surface area contributed by atoms with Crippen molar-refractivity contribution in [3.05, 3.63) is 35.7 Å². The summed E-state index contributed by atoms with van der Waals surface area (Å²) in [5, 5.41) is 3.89. The van der Waals surface area contributed by atoms with Crippen LogP contribution in [-0.4, -0.2) is 16.4 Å². The number of benzene rings is 1. The Morgan fingerprint density at radius 1 is 1.25 bits per heavy atom. The summed E-state index contributed by atoms with van der Waals surface area (Å²) in [6.07, 6.45) is 0.805. The number of hydrogen-bond acceptors (Lipinski definition) is 4. The molecular weight excluding hydrogens is 204 g/mol. The van der Waals surface area contributed by atoms with Crippen molar-refractivity contribution in [2.75, 3.05) is 0 Å². The maximum absolute atomic E-state index is 10.5. The van der Waals surface area contributed by atoms with Crippen LogP contribution in [0.2, 0.25) is 0 Å². The topological polar surface area (TPSA) is 56.0 Å². The molecule has 82 valence electrons. The van der Waals surface area contributed by atoms with Crippen LogP contribution in [0.15, 0.2) is 28.8 Å². The largest absolute Gasteiger partial charge is 0.339 e. The molecule has 16 heavy (non-hydrogen) atoms. The minimum atomic E-state index is 0.218. The molecule has 0 bridgehead atoms. The van der Waals surface area contributed by atoms with Gasteiger partial charge in [-0.3, -0.25) is 4.79 Å². The van der Waals surface area contributed by atoms with Crippen LogP contribution in [0.1, 0.15) is 36.0 Å². The molecular formula is C12H12N2O2. The summed E-state index contributed by atoms with van der Waals surface area (Å²) in [5.41, 5.74) is 1.48. The Bertz CT molecular complexity index is 486. The van der Waals surface area contributed by atoms with Gasteiger partial charge in [-0.05, 0) is 0 Å². The van der Waals surface area contributed by atoms with E-state index in [0.29, 0.717) is 17.3 Å². The van der Waals surface area contributed by atoms with Gasteiger partial charge in [-0.15, -0.1) is 0 Å². The molecule has 0 unspecified atom stereocenters. The molecule has 0 spiro atoms. The van der Waals surface area contributed by atoms with Crippen molar-refractivity contribution < 1.29 is 9.32 Å². The monoisotopic (exact) mass is 216 g/mol. The number of aromatic nitrogens is 2. The predicted octanol–water partition coefficient (Wildman–Crippen LogP) is 2.67. The molecule has 4 heteroatoms. The van der Waals surface area contributed by atoms with Crippen LogP contribution in [0.4, 0.5) is 0 Å². The molecule has 0 amide bonds. The first kappa shape index (κ1) is 10.5. The summed E-state index contributed by atoms with van der Waals surface area (Å²) in [6, 6.07) is 7.07. The Balaban J connectivity index is 2.31. The van der Waals surface area contributed by atoms with Gasteiger partial charge < -0.3 is 4.52 Å². The molecule has 0 saturated heterocycles. The predicted molar refractivity (Wildman–Crippen MR) is 59.2 cm³/mol. The zero-order chi connectivity index (χ0) is 11.5. The second kappa shape index (κ2) is 4.26. The molecule has 1 aromatic heterocycles. The van der Waals surface area contributed by atoms with E-state index in [0.717, 1.165) is 11.8 Å². The third-order valence-electron chi connectivity index (χ3n) is 2.24. The minimum Gasteiger partial charge on any atom is -0.339 e. The fourth-order valence-corrected chi connectivity index (χ4v) is 1.30.